The second-order valence-corrected chi connectivity index (χ2v) is 17.7. The Labute approximate surface area is 349 Å². The number of aliphatic hydroxyl groups is 1. The Hall–Kier alpha value is -3.86. The van der Waals surface area contributed by atoms with Gasteiger partial charge in [-0.15, -0.1) is 18.2 Å². The van der Waals surface area contributed by atoms with Crippen molar-refractivity contribution in [2.45, 2.75) is 140 Å². The number of aliphatic hydroxyl groups excluding tert-OH is 1. The molecule has 0 aliphatic rings. The molecule has 0 aliphatic heterocycles. The van der Waals surface area contributed by atoms with Gasteiger partial charge >= 0.3 is 0 Å². The van der Waals surface area contributed by atoms with Crippen molar-refractivity contribution in [1.29, 1.82) is 0 Å². The second-order valence-electron chi connectivity index (χ2n) is 17.7. The van der Waals surface area contributed by atoms with Gasteiger partial charge in [-0.25, -0.2) is 4.98 Å². The van der Waals surface area contributed by atoms with E-state index in [0.29, 0.717) is 5.92 Å². The molecule has 301 valence electrons. The Morgan fingerprint density at radius 3 is 2.00 bits per heavy atom. The van der Waals surface area contributed by atoms with Gasteiger partial charge in [0.2, 0.25) is 0 Å². The van der Waals surface area contributed by atoms with Gasteiger partial charge < -0.3 is 9.52 Å². The minimum atomic E-state index is -0.337. The van der Waals surface area contributed by atoms with Crippen LogP contribution in [0.5, 0.6) is 0 Å². The van der Waals surface area contributed by atoms with Gasteiger partial charge in [-0.2, -0.15) is 0 Å². The third kappa shape index (κ3) is 8.67. The summed E-state index contributed by atoms with van der Waals surface area (Å²) in [6, 6.07) is 23.2. The Balaban J connectivity index is 0.000000330. The average Bonchev–Trinajstić information content (AvgIpc) is 3.54. The molecule has 5 nitrogen and oxygen atoms in total. The number of aryl methyl sites for hydroxylation is 1. The van der Waals surface area contributed by atoms with E-state index >= 15 is 0 Å². The number of furan rings is 1. The fraction of sp³-hybridized carbons (Fsp3) is 0.460. The molecule has 6 rings (SSSR count). The summed E-state index contributed by atoms with van der Waals surface area (Å²) in [6.45, 7) is 29.8. The summed E-state index contributed by atoms with van der Waals surface area (Å²) in [6.07, 6.45) is 4.75. The number of carbonyl (C=O) groups excluding carboxylic acids is 1. The van der Waals surface area contributed by atoms with Crippen LogP contribution in [0.25, 0.3) is 54.9 Å². The summed E-state index contributed by atoms with van der Waals surface area (Å²) in [5.41, 5.74) is 7.83. The number of carbonyl (C=O) groups is 1. The zero-order valence-electron chi connectivity index (χ0n) is 36.2. The summed E-state index contributed by atoms with van der Waals surface area (Å²) in [5, 5.41) is 15.8. The quantitative estimate of drug-likeness (QED) is 0.0641. The maximum atomic E-state index is 12.2. The average molecular weight is 932 g/mol. The summed E-state index contributed by atoms with van der Waals surface area (Å²) in [7, 11) is 0. The maximum absolute atomic E-state index is 12.2. The first-order valence-corrected chi connectivity index (χ1v) is 20.4. The molecule has 0 bridgehead atoms. The van der Waals surface area contributed by atoms with Crippen molar-refractivity contribution in [1.82, 2.24) is 9.97 Å². The van der Waals surface area contributed by atoms with E-state index < -0.39 is 0 Å². The zero-order valence-corrected chi connectivity index (χ0v) is 38.6. The van der Waals surface area contributed by atoms with E-state index in [0.717, 1.165) is 75.6 Å². The van der Waals surface area contributed by atoms with Crippen molar-refractivity contribution in [3.8, 4) is 11.3 Å². The van der Waals surface area contributed by atoms with Crippen molar-refractivity contribution in [3.05, 3.63) is 95.0 Å². The molecule has 0 spiro atoms. The van der Waals surface area contributed by atoms with E-state index in [4.69, 9.17) is 14.4 Å². The van der Waals surface area contributed by atoms with Gasteiger partial charge in [0.1, 0.15) is 17.2 Å². The topological polar surface area (TPSA) is 76.2 Å². The molecule has 2 aromatic heterocycles. The van der Waals surface area contributed by atoms with Crippen LogP contribution in [0.3, 0.4) is 0 Å². The predicted octanol–water partition coefficient (Wildman–Crippen LogP) is 14.6. The summed E-state index contributed by atoms with van der Waals surface area (Å²) >= 11 is 0. The van der Waals surface area contributed by atoms with Crippen LogP contribution >= 0.6 is 0 Å². The van der Waals surface area contributed by atoms with Gasteiger partial charge in [-0.1, -0.05) is 137 Å². The van der Waals surface area contributed by atoms with E-state index in [1.807, 2.05) is 47.6 Å². The largest absolute Gasteiger partial charge is 0.512 e. The third-order valence-electron chi connectivity index (χ3n) is 12.3. The van der Waals surface area contributed by atoms with E-state index in [1.165, 1.54) is 33.5 Å². The van der Waals surface area contributed by atoms with Gasteiger partial charge in [0, 0.05) is 59.4 Å². The molecule has 0 saturated heterocycles. The summed E-state index contributed by atoms with van der Waals surface area (Å²) in [5.74, 6) is 1.75. The van der Waals surface area contributed by atoms with Crippen LogP contribution in [-0.2, 0) is 30.3 Å². The van der Waals surface area contributed by atoms with E-state index in [1.54, 1.807) is 0 Å². The maximum Gasteiger partial charge on any atom is 0.164 e. The van der Waals surface area contributed by atoms with Crippen molar-refractivity contribution in [2.75, 3.05) is 0 Å². The molecule has 56 heavy (non-hydrogen) atoms. The minimum Gasteiger partial charge on any atom is -0.512 e. The van der Waals surface area contributed by atoms with E-state index in [-0.39, 0.29) is 53.8 Å². The van der Waals surface area contributed by atoms with Crippen LogP contribution in [0.15, 0.2) is 70.8 Å². The van der Waals surface area contributed by atoms with Gasteiger partial charge in [0.15, 0.2) is 5.78 Å². The number of aromatic nitrogens is 2. The van der Waals surface area contributed by atoms with Crippen molar-refractivity contribution < 1.29 is 34.4 Å². The van der Waals surface area contributed by atoms with Gasteiger partial charge in [-0.05, 0) is 77.5 Å². The molecular formula is C50H63IrN2O3-. The van der Waals surface area contributed by atoms with Crippen LogP contribution in [0.2, 0.25) is 0 Å². The SMILES string of the molecule is CCC(C)(CC)C(=O)/C=C(\O)C(C)(CC)CC.Cc1cc(C(C)(C)C)cc2ccc3c(-c4[c-]ccc5c4oc4cc(C(C)C)ccc45)nc(C(C)C)nc3c12.[Ir]. The standard InChI is InChI=1S/C35H35N2O.C15H28O2.Ir/c1-19(2)22-12-14-25-26-10-9-11-28(33(26)38-29(25)18-22)31-27-15-13-23-17-24(35(6,7)8)16-21(5)30(23)32(27)37-34(36-31)20(3)4;1-7-14(5,8-2)12(16)11-13(17)15(6,9-3)10-4;/h9-10,12-20H,1-8H3;11,16H,7-10H2,1-6H3;/q-1;;/b;12-11-;. The Bertz CT molecular complexity index is 2380. The Kier molecular flexibility index (Phi) is 13.9. The number of allylic oxidation sites excluding steroid dienone is 2. The Morgan fingerprint density at radius 1 is 0.804 bits per heavy atom. The molecule has 1 radical (unpaired) electrons. The molecular weight excluding hydrogens is 869 g/mol. The van der Waals surface area contributed by atoms with Crippen LogP contribution in [0, 0.1) is 23.8 Å². The number of hydrogen-bond donors (Lipinski definition) is 1. The first-order valence-electron chi connectivity index (χ1n) is 20.4. The van der Waals surface area contributed by atoms with Crippen molar-refractivity contribution in [2.24, 2.45) is 10.8 Å². The molecule has 0 saturated carbocycles. The van der Waals surface area contributed by atoms with Crippen LogP contribution in [-0.4, -0.2) is 20.9 Å². The number of fused-ring (bicyclic) bond motifs is 6. The number of hydrogen-bond acceptors (Lipinski definition) is 5. The molecule has 0 atom stereocenters. The number of ketones is 1. The smallest absolute Gasteiger partial charge is 0.164 e. The van der Waals surface area contributed by atoms with Crippen molar-refractivity contribution >= 4 is 49.4 Å². The van der Waals surface area contributed by atoms with Crippen molar-refractivity contribution in [3.63, 3.8) is 0 Å². The molecule has 6 heteroatoms. The minimum absolute atomic E-state index is 0. The first-order chi connectivity index (χ1) is 25.8. The predicted molar refractivity (Wildman–Crippen MR) is 233 cm³/mol. The number of nitrogens with zero attached hydrogens (tertiary/aromatic N) is 2. The van der Waals surface area contributed by atoms with Crippen LogP contribution in [0.4, 0.5) is 0 Å². The molecule has 0 amide bonds. The van der Waals surface area contributed by atoms with E-state index in [9.17, 15) is 9.90 Å². The van der Waals surface area contributed by atoms with Crippen LogP contribution in [0.1, 0.15) is 150 Å². The number of benzene rings is 4. The van der Waals surface area contributed by atoms with Gasteiger partial charge in [0.05, 0.1) is 11.1 Å². The summed E-state index contributed by atoms with van der Waals surface area (Å²) in [4.78, 5) is 22.4. The molecule has 0 fully saturated rings. The zero-order chi connectivity index (χ0) is 40.6. The molecule has 6 aromatic rings. The van der Waals surface area contributed by atoms with Gasteiger partial charge in [-0.3, -0.25) is 9.78 Å². The fourth-order valence-corrected chi connectivity index (χ4v) is 7.14. The third-order valence-corrected chi connectivity index (χ3v) is 12.3. The molecule has 0 aliphatic carbocycles. The van der Waals surface area contributed by atoms with Crippen LogP contribution < -0.4 is 0 Å². The monoisotopic (exact) mass is 932 g/mol. The normalized spacial score (nSPS) is 12.8. The second kappa shape index (κ2) is 17.3. The molecule has 0 unspecified atom stereocenters. The van der Waals surface area contributed by atoms with E-state index in [2.05, 4.69) is 110 Å². The first kappa shape index (κ1) is 44.8. The fourth-order valence-electron chi connectivity index (χ4n) is 7.14. The Morgan fingerprint density at radius 2 is 1.43 bits per heavy atom. The molecule has 2 heterocycles. The molecule has 1 N–H and O–H groups in total. The summed E-state index contributed by atoms with van der Waals surface area (Å²) < 4.78 is 6.55. The van der Waals surface area contributed by atoms with Gasteiger partial charge in [0.25, 0.3) is 0 Å². The molecule has 4 aromatic carbocycles. The number of rotatable bonds is 10.